The molecule has 0 heterocycles. The number of carbonyl (C=O) groups excluding carboxylic acids is 1. The molecule has 0 saturated carbocycles. The van der Waals surface area contributed by atoms with Crippen LogP contribution < -0.4 is 21.1 Å². The monoisotopic (exact) mass is 524 g/mol. The molecule has 0 saturated heterocycles. The first-order valence-corrected chi connectivity index (χ1v) is 10.0. The molecule has 0 spiro atoms. The summed E-state index contributed by atoms with van der Waals surface area (Å²) in [5.74, 6) is 0.869. The van der Waals surface area contributed by atoms with Gasteiger partial charge >= 0.3 is 0 Å². The minimum atomic E-state index is -0.494. The van der Waals surface area contributed by atoms with Crippen LogP contribution in [0.25, 0.3) is 0 Å². The second-order valence-corrected chi connectivity index (χ2v) is 7.04. The molecular formula is C23H33IN4O2. The molecule has 2 aromatic rings. The van der Waals surface area contributed by atoms with Crippen molar-refractivity contribution in [3.63, 3.8) is 0 Å². The number of amides is 1. The van der Waals surface area contributed by atoms with Crippen LogP contribution in [-0.4, -0.2) is 32.1 Å². The highest BCUT2D eigenvalue weighted by atomic mass is 127. The molecule has 0 aliphatic heterocycles. The number of nitrogens with two attached hydrogens (primary N) is 1. The molecule has 0 aliphatic carbocycles. The molecule has 6 nitrogen and oxygen atoms in total. The number of rotatable bonds is 10. The van der Waals surface area contributed by atoms with Gasteiger partial charge in [-0.3, -0.25) is 9.79 Å². The average molecular weight is 524 g/mol. The van der Waals surface area contributed by atoms with E-state index in [1.54, 1.807) is 13.1 Å². The molecule has 1 amide bonds. The number of primary amides is 1. The number of carbonyl (C=O) groups is 1. The van der Waals surface area contributed by atoms with E-state index in [2.05, 4.69) is 59.8 Å². The molecule has 0 bridgehead atoms. The third kappa shape index (κ3) is 7.51. The fourth-order valence-corrected chi connectivity index (χ4v) is 3.36. The van der Waals surface area contributed by atoms with Gasteiger partial charge < -0.3 is 21.1 Å². The number of aliphatic imine (C=N–C) groups is 1. The van der Waals surface area contributed by atoms with Crippen molar-refractivity contribution in [2.75, 3.05) is 20.2 Å². The Morgan fingerprint density at radius 2 is 1.77 bits per heavy atom. The zero-order valence-electron chi connectivity index (χ0n) is 18.0. The summed E-state index contributed by atoms with van der Waals surface area (Å²) in [6.45, 7) is 5.71. The molecule has 0 aliphatic rings. The first kappa shape index (κ1) is 25.7. The molecular weight excluding hydrogens is 491 g/mol. The van der Waals surface area contributed by atoms with Crippen LogP contribution in [0.15, 0.2) is 59.6 Å². The van der Waals surface area contributed by atoms with Gasteiger partial charge in [-0.1, -0.05) is 56.3 Å². The Hall–Kier alpha value is -2.29. The number of nitrogens with zero attached hydrogens (tertiary/aromatic N) is 1. The van der Waals surface area contributed by atoms with Crippen molar-refractivity contribution in [2.45, 2.75) is 38.6 Å². The van der Waals surface area contributed by atoms with E-state index in [1.165, 1.54) is 5.56 Å². The quantitative estimate of drug-likeness (QED) is 0.252. The topological polar surface area (TPSA) is 88.7 Å². The number of benzene rings is 2. The third-order valence-electron chi connectivity index (χ3n) is 5.30. The molecule has 2 rings (SSSR count). The molecule has 0 unspecified atom stereocenters. The number of halogens is 1. The Balaban J connectivity index is 0.00000450. The first-order chi connectivity index (χ1) is 14.0. The number of hydrogen-bond acceptors (Lipinski definition) is 3. The number of nitrogens with one attached hydrogen (secondary N) is 2. The van der Waals surface area contributed by atoms with Crippen LogP contribution >= 0.6 is 24.0 Å². The molecule has 0 atom stereocenters. The van der Waals surface area contributed by atoms with Gasteiger partial charge in [-0.2, -0.15) is 0 Å². The predicted molar refractivity (Wildman–Crippen MR) is 133 cm³/mol. The summed E-state index contributed by atoms with van der Waals surface area (Å²) in [5.41, 5.74) is 7.55. The van der Waals surface area contributed by atoms with Gasteiger partial charge in [-0.05, 0) is 36.1 Å². The van der Waals surface area contributed by atoms with Crippen LogP contribution in [0.2, 0.25) is 0 Å². The van der Waals surface area contributed by atoms with Crippen molar-refractivity contribution in [3.05, 3.63) is 65.7 Å². The smallest absolute Gasteiger partial charge is 0.255 e. The van der Waals surface area contributed by atoms with E-state index in [9.17, 15) is 4.79 Å². The lowest BCUT2D eigenvalue weighted by Gasteiger charge is -2.33. The van der Waals surface area contributed by atoms with E-state index in [1.807, 2.05) is 18.2 Å². The lowest BCUT2D eigenvalue weighted by atomic mass is 9.76. The second-order valence-electron chi connectivity index (χ2n) is 7.04. The second kappa shape index (κ2) is 13.1. The van der Waals surface area contributed by atoms with Gasteiger partial charge in [-0.15, -0.1) is 24.0 Å². The van der Waals surface area contributed by atoms with Gasteiger partial charge in [0.1, 0.15) is 5.75 Å². The van der Waals surface area contributed by atoms with Crippen molar-refractivity contribution in [1.29, 1.82) is 0 Å². The molecule has 7 heteroatoms. The lowest BCUT2D eigenvalue weighted by Crippen LogP contribution is -2.45. The summed E-state index contributed by atoms with van der Waals surface area (Å²) in [6.07, 6.45) is 2.08. The highest BCUT2D eigenvalue weighted by Crippen LogP contribution is 2.30. The summed E-state index contributed by atoms with van der Waals surface area (Å²) >= 11 is 0. The normalized spacial score (nSPS) is 11.4. The third-order valence-corrected chi connectivity index (χ3v) is 5.30. The van der Waals surface area contributed by atoms with Crippen LogP contribution in [0.5, 0.6) is 5.75 Å². The summed E-state index contributed by atoms with van der Waals surface area (Å²) < 4.78 is 5.36. The maximum absolute atomic E-state index is 10.9. The van der Waals surface area contributed by atoms with Crippen molar-refractivity contribution in [2.24, 2.45) is 10.7 Å². The zero-order valence-corrected chi connectivity index (χ0v) is 20.3. The van der Waals surface area contributed by atoms with Crippen LogP contribution in [0.4, 0.5) is 0 Å². The van der Waals surface area contributed by atoms with Crippen LogP contribution in [-0.2, 0) is 16.8 Å². The summed E-state index contributed by atoms with van der Waals surface area (Å²) in [4.78, 5) is 15.2. The van der Waals surface area contributed by atoms with E-state index in [4.69, 9.17) is 10.5 Å². The van der Waals surface area contributed by atoms with E-state index in [0.717, 1.165) is 30.9 Å². The van der Waals surface area contributed by atoms with Gasteiger partial charge in [0.05, 0.1) is 0 Å². The minimum absolute atomic E-state index is 0. The average Bonchev–Trinajstić information content (AvgIpc) is 2.76. The van der Waals surface area contributed by atoms with Crippen molar-refractivity contribution < 1.29 is 9.53 Å². The standard InChI is InChI=1S/C23H32N4O2.HI/c1-4-23(5-2,19-11-7-6-8-12-19)17-27-22(25-3)26-15-18-10-9-13-20(14-18)29-16-21(24)28;/h6-14H,4-5,15-17H2,1-3H3,(H2,24,28)(H2,25,26,27);1H. The van der Waals surface area contributed by atoms with Gasteiger partial charge in [0.15, 0.2) is 12.6 Å². The Kier molecular flexibility index (Phi) is 11.2. The molecule has 0 aromatic heterocycles. The fourth-order valence-electron chi connectivity index (χ4n) is 3.36. The SMILES string of the molecule is CCC(CC)(CNC(=NC)NCc1cccc(OCC(N)=O)c1)c1ccccc1.I. The largest absolute Gasteiger partial charge is 0.484 e. The summed E-state index contributed by atoms with van der Waals surface area (Å²) in [5, 5.41) is 6.82. The maximum atomic E-state index is 10.9. The minimum Gasteiger partial charge on any atom is -0.484 e. The molecule has 4 N–H and O–H groups in total. The van der Waals surface area contributed by atoms with Gasteiger partial charge in [0.25, 0.3) is 5.91 Å². The lowest BCUT2D eigenvalue weighted by molar-refractivity contribution is -0.119. The fraction of sp³-hybridized carbons (Fsp3) is 0.391. The van der Waals surface area contributed by atoms with E-state index in [-0.39, 0.29) is 36.0 Å². The zero-order chi connectivity index (χ0) is 21.1. The van der Waals surface area contributed by atoms with Gasteiger partial charge in [-0.25, -0.2) is 0 Å². The highest BCUT2D eigenvalue weighted by molar-refractivity contribution is 14.0. The molecule has 164 valence electrons. The van der Waals surface area contributed by atoms with Crippen molar-refractivity contribution >= 4 is 35.8 Å². The number of guanidine groups is 1. The van der Waals surface area contributed by atoms with E-state index in [0.29, 0.717) is 12.3 Å². The molecule has 0 fully saturated rings. The Morgan fingerprint density at radius 3 is 2.37 bits per heavy atom. The van der Waals surface area contributed by atoms with Crippen LogP contribution in [0.3, 0.4) is 0 Å². The molecule has 2 aromatic carbocycles. The first-order valence-electron chi connectivity index (χ1n) is 10.0. The van der Waals surface area contributed by atoms with Crippen LogP contribution in [0.1, 0.15) is 37.8 Å². The maximum Gasteiger partial charge on any atom is 0.255 e. The van der Waals surface area contributed by atoms with E-state index < -0.39 is 5.91 Å². The van der Waals surface area contributed by atoms with Gasteiger partial charge in [0, 0.05) is 25.6 Å². The molecule has 0 radical (unpaired) electrons. The Labute approximate surface area is 196 Å². The van der Waals surface area contributed by atoms with Crippen molar-refractivity contribution in [1.82, 2.24) is 10.6 Å². The Bertz CT molecular complexity index is 808. The van der Waals surface area contributed by atoms with Gasteiger partial charge in [0.2, 0.25) is 0 Å². The summed E-state index contributed by atoms with van der Waals surface area (Å²) in [7, 11) is 1.77. The number of hydrogen-bond donors (Lipinski definition) is 3. The highest BCUT2D eigenvalue weighted by Gasteiger charge is 2.28. The van der Waals surface area contributed by atoms with Crippen LogP contribution in [0, 0.1) is 0 Å². The molecule has 30 heavy (non-hydrogen) atoms. The summed E-state index contributed by atoms with van der Waals surface area (Å²) in [6, 6.07) is 18.2. The van der Waals surface area contributed by atoms with Crippen molar-refractivity contribution in [3.8, 4) is 5.75 Å². The Morgan fingerprint density at radius 1 is 1.07 bits per heavy atom. The predicted octanol–water partition coefficient (Wildman–Crippen LogP) is 3.59. The van der Waals surface area contributed by atoms with E-state index >= 15 is 0 Å². The number of ether oxygens (including phenoxy) is 1.